The number of likely N-dealkylation sites (tertiary alicyclic amines) is 1. The number of nitrogens with one attached hydrogen (secondary N) is 4. The molecule has 1 unspecified atom stereocenters. The van der Waals surface area contributed by atoms with E-state index in [4.69, 9.17) is 0 Å². The molecule has 3 aliphatic rings. The molecule has 0 aromatic heterocycles. The molecule has 3 rings (SSSR count). The fourth-order valence-electron chi connectivity index (χ4n) is 6.89. The molecule has 5 amide bonds. The minimum Gasteiger partial charge on any atom is -0.479 e. The molecular formula is C32H49N5O7. The van der Waals surface area contributed by atoms with Crippen LogP contribution in [0.2, 0.25) is 0 Å². The molecule has 2 aliphatic carbocycles. The van der Waals surface area contributed by atoms with E-state index in [0.29, 0.717) is 25.8 Å². The van der Waals surface area contributed by atoms with E-state index in [-0.39, 0.29) is 41.7 Å². The molecule has 0 radical (unpaired) electrons. The standard InChI is InChI=1S/C32H49N5O7/c1-7-9-15-21(26(38)28(40)33-16-8-2)34-27(39)25-22-20(32(22,5)6)17-37(25)29(41)24(19-13-11-10-12-14-19)36-31(44)35-23(18(3)4)30(42)43/h8,19-25H,2-3,7,9-17H2,1,4-6H3,(H,33,40)(H,34,39)(H,42,43)(H2,35,36,44)/t20-,21?,22-,23-,24-,25-/m0/s1. The van der Waals surface area contributed by atoms with Crippen molar-refractivity contribution in [3.8, 4) is 0 Å². The van der Waals surface area contributed by atoms with Gasteiger partial charge in [0.05, 0.1) is 6.04 Å². The summed E-state index contributed by atoms with van der Waals surface area (Å²) in [6, 6.07) is -5.01. The van der Waals surface area contributed by atoms with Crippen LogP contribution < -0.4 is 21.3 Å². The molecule has 1 aliphatic heterocycles. The first-order valence-electron chi connectivity index (χ1n) is 15.7. The smallest absolute Gasteiger partial charge is 0.330 e. The maximum Gasteiger partial charge on any atom is 0.330 e. The predicted octanol–water partition coefficient (Wildman–Crippen LogP) is 2.29. The molecule has 0 bridgehead atoms. The fraction of sp³-hybridized carbons (Fsp3) is 0.688. The summed E-state index contributed by atoms with van der Waals surface area (Å²) < 4.78 is 0. The summed E-state index contributed by atoms with van der Waals surface area (Å²) in [6.45, 7) is 15.1. The number of hydrogen-bond acceptors (Lipinski definition) is 6. The molecule has 2 saturated carbocycles. The van der Waals surface area contributed by atoms with Gasteiger partial charge in [0.25, 0.3) is 5.91 Å². The van der Waals surface area contributed by atoms with E-state index in [1.54, 1.807) is 0 Å². The van der Waals surface area contributed by atoms with Gasteiger partial charge < -0.3 is 31.3 Å². The van der Waals surface area contributed by atoms with E-state index in [0.717, 1.165) is 25.7 Å². The average Bonchev–Trinajstić information content (AvgIpc) is 3.30. The number of Topliss-reactive ketones (excluding diaryl/α,β-unsaturated/α-hetero) is 1. The van der Waals surface area contributed by atoms with Crippen molar-refractivity contribution in [1.82, 2.24) is 26.2 Å². The summed E-state index contributed by atoms with van der Waals surface area (Å²) in [5.74, 6) is -4.00. The Hall–Kier alpha value is -3.70. The summed E-state index contributed by atoms with van der Waals surface area (Å²) >= 11 is 0. The van der Waals surface area contributed by atoms with Gasteiger partial charge in [-0.1, -0.05) is 65.5 Å². The van der Waals surface area contributed by atoms with Gasteiger partial charge in [-0.05, 0) is 54.9 Å². The summed E-state index contributed by atoms with van der Waals surface area (Å²) in [7, 11) is 0. The number of unbranched alkanes of at least 4 members (excludes halogenated alkanes) is 1. The summed E-state index contributed by atoms with van der Waals surface area (Å²) in [5.41, 5.74) is 0.0295. The molecule has 1 saturated heterocycles. The van der Waals surface area contributed by atoms with Crippen molar-refractivity contribution < 1.29 is 33.9 Å². The Bertz CT molecular complexity index is 1150. The zero-order valence-electron chi connectivity index (χ0n) is 26.4. The summed E-state index contributed by atoms with van der Waals surface area (Å²) in [6.07, 6.45) is 7.30. The Kier molecular flexibility index (Phi) is 11.7. The monoisotopic (exact) mass is 615 g/mol. The van der Waals surface area contributed by atoms with E-state index in [2.05, 4.69) is 34.4 Å². The molecule has 12 heteroatoms. The van der Waals surface area contributed by atoms with Crippen molar-refractivity contribution >= 4 is 35.5 Å². The molecule has 5 N–H and O–H groups in total. The highest BCUT2D eigenvalue weighted by atomic mass is 16.4. The van der Waals surface area contributed by atoms with Crippen molar-refractivity contribution in [2.45, 2.75) is 103 Å². The second-order valence-corrected chi connectivity index (χ2v) is 13.1. The number of ketones is 1. The number of fused-ring (bicyclic) bond motifs is 1. The first-order chi connectivity index (χ1) is 20.8. The number of carbonyl (C=O) groups is 6. The maximum atomic E-state index is 14.3. The zero-order valence-corrected chi connectivity index (χ0v) is 26.4. The number of amides is 5. The highest BCUT2D eigenvalue weighted by Gasteiger charge is 2.69. The average molecular weight is 616 g/mol. The van der Waals surface area contributed by atoms with Crippen molar-refractivity contribution in [2.24, 2.45) is 23.2 Å². The number of carboxylic acids is 1. The van der Waals surface area contributed by atoms with Crippen LogP contribution in [0.4, 0.5) is 4.79 Å². The number of nitrogens with zero attached hydrogens (tertiary/aromatic N) is 1. The quantitative estimate of drug-likeness (QED) is 0.139. The van der Waals surface area contributed by atoms with Crippen LogP contribution in [0.5, 0.6) is 0 Å². The predicted molar refractivity (Wildman–Crippen MR) is 164 cm³/mol. The van der Waals surface area contributed by atoms with Crippen LogP contribution in [0.15, 0.2) is 24.8 Å². The number of carbonyl (C=O) groups excluding carboxylic acids is 5. The van der Waals surface area contributed by atoms with Gasteiger partial charge in [-0.2, -0.15) is 0 Å². The van der Waals surface area contributed by atoms with E-state index in [1.807, 2.05) is 20.8 Å². The third-order valence-electron chi connectivity index (χ3n) is 9.56. The summed E-state index contributed by atoms with van der Waals surface area (Å²) in [5, 5.41) is 19.9. The molecule has 3 fully saturated rings. The molecule has 6 atom stereocenters. The lowest BCUT2D eigenvalue weighted by atomic mass is 9.83. The Balaban J connectivity index is 1.86. The number of rotatable bonds is 15. The van der Waals surface area contributed by atoms with Crippen molar-refractivity contribution in [3.05, 3.63) is 24.8 Å². The number of carboxylic acid groups (broad SMARTS) is 1. The SMILES string of the molecule is C=CCNC(=O)C(=O)C(CCCC)NC(=O)[C@@H]1[C@@H]2[C@H](CN1C(=O)[C@@H](NC(=O)N[C@@H](C(=C)C)C(=O)O)C1CCCCC1)C2(C)C. The molecule has 12 nitrogen and oxygen atoms in total. The Morgan fingerprint density at radius 1 is 1.05 bits per heavy atom. The summed E-state index contributed by atoms with van der Waals surface area (Å²) in [4.78, 5) is 79.9. The number of hydrogen-bond donors (Lipinski definition) is 5. The minimum atomic E-state index is -1.32. The molecule has 0 aromatic rings. The van der Waals surface area contributed by atoms with E-state index >= 15 is 0 Å². The number of piperidine rings is 1. The Labute approximate surface area is 259 Å². The lowest BCUT2D eigenvalue weighted by molar-refractivity contribution is -0.144. The lowest BCUT2D eigenvalue weighted by Gasteiger charge is -2.37. The molecule has 1 heterocycles. The van der Waals surface area contributed by atoms with Crippen LogP contribution in [0.25, 0.3) is 0 Å². The normalized spacial score (nSPS) is 24.1. The highest BCUT2D eigenvalue weighted by Crippen LogP contribution is 2.65. The fourth-order valence-corrected chi connectivity index (χ4v) is 6.89. The second kappa shape index (κ2) is 14.9. The molecule has 0 spiro atoms. The number of urea groups is 1. The van der Waals surface area contributed by atoms with Gasteiger partial charge in [0.2, 0.25) is 17.6 Å². The van der Waals surface area contributed by atoms with Gasteiger partial charge in [0.15, 0.2) is 0 Å². The highest BCUT2D eigenvalue weighted by molar-refractivity contribution is 6.38. The molecule has 0 aromatic carbocycles. The second-order valence-electron chi connectivity index (χ2n) is 13.1. The van der Waals surface area contributed by atoms with Gasteiger partial charge in [-0.25, -0.2) is 9.59 Å². The van der Waals surface area contributed by atoms with Crippen LogP contribution in [0.1, 0.15) is 79.1 Å². The van der Waals surface area contributed by atoms with E-state index in [1.165, 1.54) is 17.9 Å². The van der Waals surface area contributed by atoms with Gasteiger partial charge in [0, 0.05) is 13.1 Å². The molecule has 44 heavy (non-hydrogen) atoms. The number of aliphatic carboxylic acids is 1. The van der Waals surface area contributed by atoms with Crippen molar-refractivity contribution in [2.75, 3.05) is 13.1 Å². The Morgan fingerprint density at radius 3 is 2.27 bits per heavy atom. The van der Waals surface area contributed by atoms with Crippen molar-refractivity contribution in [1.29, 1.82) is 0 Å². The molecule has 244 valence electrons. The van der Waals surface area contributed by atoms with Crippen LogP contribution in [-0.2, 0) is 24.0 Å². The minimum absolute atomic E-state index is 0.0588. The largest absolute Gasteiger partial charge is 0.479 e. The van der Waals surface area contributed by atoms with Gasteiger partial charge >= 0.3 is 12.0 Å². The third-order valence-corrected chi connectivity index (χ3v) is 9.56. The van der Waals surface area contributed by atoms with Gasteiger partial charge in [-0.15, -0.1) is 6.58 Å². The maximum absolute atomic E-state index is 14.3. The van der Waals surface area contributed by atoms with Gasteiger partial charge in [0.1, 0.15) is 18.1 Å². The van der Waals surface area contributed by atoms with Crippen molar-refractivity contribution in [3.63, 3.8) is 0 Å². The Morgan fingerprint density at radius 2 is 1.70 bits per heavy atom. The van der Waals surface area contributed by atoms with Gasteiger partial charge in [-0.3, -0.25) is 19.2 Å². The van der Waals surface area contributed by atoms with Crippen LogP contribution in [0, 0.1) is 23.2 Å². The van der Waals surface area contributed by atoms with Crippen LogP contribution >= 0.6 is 0 Å². The molecular weight excluding hydrogens is 566 g/mol. The first kappa shape index (κ1) is 34.8. The van der Waals surface area contributed by atoms with Crippen LogP contribution in [-0.4, -0.2) is 82.8 Å². The van der Waals surface area contributed by atoms with E-state index in [9.17, 15) is 33.9 Å². The lowest BCUT2D eigenvalue weighted by Crippen LogP contribution is -2.61. The third kappa shape index (κ3) is 7.87. The first-order valence-corrected chi connectivity index (χ1v) is 15.7. The zero-order chi connectivity index (χ0) is 32.8. The van der Waals surface area contributed by atoms with E-state index < -0.39 is 59.7 Å². The topological polar surface area (TPSA) is 174 Å². The van der Waals surface area contributed by atoms with Crippen LogP contribution in [0.3, 0.4) is 0 Å².